The number of aromatic nitrogens is 1. The molecule has 2 N–H and O–H groups in total. The highest BCUT2D eigenvalue weighted by atomic mass is 32.1. The van der Waals surface area contributed by atoms with Crippen LogP contribution in [0.5, 0.6) is 0 Å². The molecule has 0 saturated carbocycles. The molecular weight excluding hydrogens is 260 g/mol. The SMILES string of the molecule is Cc1cc(CNCc2cccc(C(=O)O)n2)sc1C. The molecule has 0 atom stereocenters. The number of aryl methyl sites for hydroxylation is 2. The van der Waals surface area contributed by atoms with Crippen LogP contribution in [0, 0.1) is 13.8 Å². The third-order valence-corrected chi connectivity index (χ3v) is 4.00. The molecule has 0 aliphatic rings. The van der Waals surface area contributed by atoms with Crippen molar-refractivity contribution in [3.8, 4) is 0 Å². The van der Waals surface area contributed by atoms with E-state index in [2.05, 4.69) is 30.2 Å². The van der Waals surface area contributed by atoms with Crippen LogP contribution >= 0.6 is 11.3 Å². The van der Waals surface area contributed by atoms with Crippen LogP contribution in [0.1, 0.15) is 31.5 Å². The molecule has 0 aliphatic heterocycles. The van der Waals surface area contributed by atoms with Crippen molar-refractivity contribution in [1.29, 1.82) is 0 Å². The fourth-order valence-corrected chi connectivity index (χ4v) is 2.77. The van der Waals surface area contributed by atoms with Crippen LogP contribution in [0.25, 0.3) is 0 Å². The van der Waals surface area contributed by atoms with E-state index >= 15 is 0 Å². The zero-order valence-corrected chi connectivity index (χ0v) is 11.8. The number of hydrogen-bond acceptors (Lipinski definition) is 4. The molecule has 2 aromatic rings. The zero-order chi connectivity index (χ0) is 13.8. The number of nitrogens with one attached hydrogen (secondary N) is 1. The van der Waals surface area contributed by atoms with Crippen LogP contribution in [-0.2, 0) is 13.1 Å². The molecule has 0 saturated heterocycles. The second-order valence-electron chi connectivity index (χ2n) is 4.37. The van der Waals surface area contributed by atoms with Crippen LogP contribution < -0.4 is 5.32 Å². The minimum Gasteiger partial charge on any atom is -0.477 e. The van der Waals surface area contributed by atoms with Crippen LogP contribution in [0.2, 0.25) is 0 Å². The van der Waals surface area contributed by atoms with Gasteiger partial charge < -0.3 is 10.4 Å². The van der Waals surface area contributed by atoms with E-state index in [0.29, 0.717) is 6.54 Å². The first kappa shape index (κ1) is 13.7. The summed E-state index contributed by atoms with van der Waals surface area (Å²) in [6, 6.07) is 7.21. The van der Waals surface area contributed by atoms with Gasteiger partial charge in [0.1, 0.15) is 5.69 Å². The lowest BCUT2D eigenvalue weighted by atomic mass is 10.3. The largest absolute Gasteiger partial charge is 0.477 e. The molecule has 0 amide bonds. The Morgan fingerprint density at radius 1 is 1.37 bits per heavy atom. The number of carboxylic acids is 1. The van der Waals surface area contributed by atoms with Gasteiger partial charge in [0.05, 0.1) is 5.69 Å². The lowest BCUT2D eigenvalue weighted by molar-refractivity contribution is 0.0690. The van der Waals surface area contributed by atoms with Gasteiger partial charge in [0.15, 0.2) is 0 Å². The Balaban J connectivity index is 1.92. The van der Waals surface area contributed by atoms with Crippen LogP contribution in [0.3, 0.4) is 0 Å². The maximum Gasteiger partial charge on any atom is 0.354 e. The first-order chi connectivity index (χ1) is 9.06. The van der Waals surface area contributed by atoms with Crippen molar-refractivity contribution < 1.29 is 9.90 Å². The molecule has 0 aliphatic carbocycles. The smallest absolute Gasteiger partial charge is 0.354 e. The number of rotatable bonds is 5. The number of carbonyl (C=O) groups is 1. The predicted octanol–water partition coefficient (Wildman–Crippen LogP) is 2.75. The Morgan fingerprint density at radius 3 is 2.79 bits per heavy atom. The Morgan fingerprint density at radius 2 is 2.16 bits per heavy atom. The van der Waals surface area contributed by atoms with Gasteiger partial charge in [-0.3, -0.25) is 0 Å². The van der Waals surface area contributed by atoms with Crippen molar-refractivity contribution in [3.05, 3.63) is 51.0 Å². The van der Waals surface area contributed by atoms with E-state index in [1.54, 1.807) is 17.4 Å². The topological polar surface area (TPSA) is 62.2 Å². The van der Waals surface area contributed by atoms with E-state index in [-0.39, 0.29) is 5.69 Å². The molecule has 0 spiro atoms. The molecule has 4 nitrogen and oxygen atoms in total. The maximum absolute atomic E-state index is 10.8. The fourth-order valence-electron chi connectivity index (χ4n) is 1.75. The minimum absolute atomic E-state index is 0.0853. The van der Waals surface area contributed by atoms with E-state index in [0.717, 1.165) is 12.2 Å². The third kappa shape index (κ3) is 3.62. The lowest BCUT2D eigenvalue weighted by Crippen LogP contribution is -2.14. The molecule has 2 heterocycles. The van der Waals surface area contributed by atoms with Crippen LogP contribution in [-0.4, -0.2) is 16.1 Å². The summed E-state index contributed by atoms with van der Waals surface area (Å²) in [7, 11) is 0. The van der Waals surface area contributed by atoms with Crippen molar-refractivity contribution in [2.45, 2.75) is 26.9 Å². The highest BCUT2D eigenvalue weighted by Crippen LogP contribution is 2.20. The fraction of sp³-hybridized carbons (Fsp3) is 0.286. The molecular formula is C14H16N2O2S. The van der Waals surface area contributed by atoms with Gasteiger partial charge >= 0.3 is 5.97 Å². The highest BCUT2D eigenvalue weighted by Gasteiger charge is 2.05. The second-order valence-corrected chi connectivity index (χ2v) is 5.72. The summed E-state index contributed by atoms with van der Waals surface area (Å²) < 4.78 is 0. The summed E-state index contributed by atoms with van der Waals surface area (Å²) in [5, 5.41) is 12.1. The van der Waals surface area contributed by atoms with Crippen molar-refractivity contribution in [3.63, 3.8) is 0 Å². The van der Waals surface area contributed by atoms with E-state index < -0.39 is 5.97 Å². The van der Waals surface area contributed by atoms with Crippen LogP contribution in [0.4, 0.5) is 0 Å². The minimum atomic E-state index is -0.994. The van der Waals surface area contributed by atoms with Gasteiger partial charge in [0, 0.05) is 22.8 Å². The zero-order valence-electron chi connectivity index (χ0n) is 10.9. The maximum atomic E-state index is 10.8. The van der Waals surface area contributed by atoms with Gasteiger partial charge in [-0.25, -0.2) is 9.78 Å². The summed E-state index contributed by atoms with van der Waals surface area (Å²) in [6.45, 7) is 5.56. The summed E-state index contributed by atoms with van der Waals surface area (Å²) in [5.74, 6) is -0.994. The van der Waals surface area contributed by atoms with Gasteiger partial charge in [-0.2, -0.15) is 0 Å². The molecule has 5 heteroatoms. The number of carboxylic acid groups (broad SMARTS) is 1. The Kier molecular flexibility index (Phi) is 4.29. The third-order valence-electron chi connectivity index (χ3n) is 2.85. The summed E-state index contributed by atoms with van der Waals surface area (Å²) >= 11 is 1.78. The van der Waals surface area contributed by atoms with Gasteiger partial charge in [-0.05, 0) is 37.6 Å². The standard InChI is InChI=1S/C14H16N2O2S/c1-9-6-12(19-10(9)2)8-15-7-11-4-3-5-13(16-11)14(17)18/h3-6,15H,7-8H2,1-2H3,(H,17,18). The highest BCUT2D eigenvalue weighted by molar-refractivity contribution is 7.12. The average Bonchev–Trinajstić information content (AvgIpc) is 2.69. The van der Waals surface area contributed by atoms with E-state index in [9.17, 15) is 4.79 Å². The van der Waals surface area contributed by atoms with Crippen molar-refractivity contribution in [2.75, 3.05) is 0 Å². The molecule has 0 fully saturated rings. The summed E-state index contributed by atoms with van der Waals surface area (Å²) in [5.41, 5.74) is 2.14. The number of thiophene rings is 1. The lowest BCUT2D eigenvalue weighted by Gasteiger charge is -2.03. The number of pyridine rings is 1. The number of nitrogens with zero attached hydrogens (tertiary/aromatic N) is 1. The number of aromatic carboxylic acids is 1. The van der Waals surface area contributed by atoms with Crippen molar-refractivity contribution >= 4 is 17.3 Å². The Hall–Kier alpha value is -1.72. The Labute approximate surface area is 116 Å². The molecule has 19 heavy (non-hydrogen) atoms. The van der Waals surface area contributed by atoms with Gasteiger partial charge in [-0.1, -0.05) is 6.07 Å². The second kappa shape index (κ2) is 5.95. The number of hydrogen-bond donors (Lipinski definition) is 2. The van der Waals surface area contributed by atoms with Gasteiger partial charge in [0.2, 0.25) is 0 Å². The van der Waals surface area contributed by atoms with Gasteiger partial charge in [-0.15, -0.1) is 11.3 Å². The molecule has 100 valence electrons. The summed E-state index contributed by atoms with van der Waals surface area (Å²) in [6.07, 6.45) is 0. The molecule has 0 aromatic carbocycles. The molecule has 2 rings (SSSR count). The summed E-state index contributed by atoms with van der Waals surface area (Å²) in [4.78, 5) is 17.5. The molecule has 2 aromatic heterocycles. The van der Waals surface area contributed by atoms with Crippen molar-refractivity contribution in [2.24, 2.45) is 0 Å². The first-order valence-corrected chi connectivity index (χ1v) is 6.84. The normalized spacial score (nSPS) is 10.6. The van der Waals surface area contributed by atoms with E-state index in [4.69, 9.17) is 5.11 Å². The average molecular weight is 276 g/mol. The molecule has 0 radical (unpaired) electrons. The Bertz CT molecular complexity index is 573. The molecule has 0 unspecified atom stereocenters. The predicted molar refractivity (Wildman–Crippen MR) is 75.5 cm³/mol. The quantitative estimate of drug-likeness (QED) is 0.881. The monoisotopic (exact) mass is 276 g/mol. The molecule has 0 bridgehead atoms. The van der Waals surface area contributed by atoms with Gasteiger partial charge in [0.25, 0.3) is 0 Å². The van der Waals surface area contributed by atoms with E-state index in [1.165, 1.54) is 21.4 Å². The first-order valence-electron chi connectivity index (χ1n) is 6.02. The van der Waals surface area contributed by atoms with E-state index in [1.807, 2.05) is 6.07 Å². The van der Waals surface area contributed by atoms with Crippen molar-refractivity contribution in [1.82, 2.24) is 10.3 Å². The van der Waals surface area contributed by atoms with Crippen LogP contribution in [0.15, 0.2) is 24.3 Å².